The molecule has 0 atom stereocenters. The van der Waals surface area contributed by atoms with Crippen LogP contribution in [0.25, 0.3) is 15.3 Å². The third-order valence-electron chi connectivity index (χ3n) is 4.09. The maximum absolute atomic E-state index is 12.8. The van der Waals surface area contributed by atoms with Crippen LogP contribution in [0.3, 0.4) is 0 Å². The van der Waals surface area contributed by atoms with Crippen molar-refractivity contribution in [3.05, 3.63) is 48.3 Å². The summed E-state index contributed by atoms with van der Waals surface area (Å²) in [6, 6.07) is 1.68. The van der Waals surface area contributed by atoms with Gasteiger partial charge < -0.3 is 10.6 Å². The molecule has 4 aromatic rings. The lowest BCUT2D eigenvalue weighted by Crippen LogP contribution is -2.14. The van der Waals surface area contributed by atoms with Crippen LogP contribution in [0.15, 0.2) is 37.1 Å². The zero-order valence-electron chi connectivity index (χ0n) is 15.4. The van der Waals surface area contributed by atoms with E-state index < -0.39 is 0 Å². The molecule has 0 bridgehead atoms. The van der Waals surface area contributed by atoms with Gasteiger partial charge in [0.1, 0.15) is 4.83 Å². The van der Waals surface area contributed by atoms with E-state index in [9.17, 15) is 9.59 Å². The zero-order valence-corrected chi connectivity index (χ0v) is 16.2. The minimum Gasteiger partial charge on any atom is -0.325 e. The molecule has 0 spiro atoms. The van der Waals surface area contributed by atoms with Crippen molar-refractivity contribution < 1.29 is 9.59 Å². The lowest BCUT2D eigenvalue weighted by atomic mass is 10.2. The van der Waals surface area contributed by atoms with E-state index in [4.69, 9.17) is 0 Å². The van der Waals surface area contributed by atoms with Gasteiger partial charge in [-0.1, -0.05) is 0 Å². The number of rotatable bonds is 4. The summed E-state index contributed by atoms with van der Waals surface area (Å²) in [4.78, 5) is 30.0. The lowest BCUT2D eigenvalue weighted by molar-refractivity contribution is -0.114. The molecule has 0 fully saturated rings. The van der Waals surface area contributed by atoms with Gasteiger partial charge in [-0.15, -0.1) is 11.3 Å². The number of aryl methyl sites for hydroxylation is 2. The summed E-state index contributed by atoms with van der Waals surface area (Å²) in [7, 11) is 1.85. The average molecular weight is 395 g/mol. The van der Waals surface area contributed by atoms with Gasteiger partial charge in [-0.25, -0.2) is 4.52 Å². The van der Waals surface area contributed by atoms with Gasteiger partial charge in [0.25, 0.3) is 5.91 Å². The number of nitrogens with zero attached hydrogens (tertiary/aromatic N) is 5. The second kappa shape index (κ2) is 6.89. The number of aromatic nitrogens is 5. The van der Waals surface area contributed by atoms with Crippen molar-refractivity contribution in [2.24, 2.45) is 7.05 Å². The first-order chi connectivity index (χ1) is 13.4. The van der Waals surface area contributed by atoms with Crippen molar-refractivity contribution in [1.82, 2.24) is 24.4 Å². The van der Waals surface area contributed by atoms with E-state index in [0.717, 1.165) is 15.3 Å². The predicted molar refractivity (Wildman–Crippen MR) is 107 cm³/mol. The first-order valence-corrected chi connectivity index (χ1v) is 9.24. The van der Waals surface area contributed by atoms with E-state index in [1.54, 1.807) is 34.6 Å². The molecular formula is C18H17N7O2S. The molecule has 142 valence electrons. The standard InChI is InChI=1S/C18H17N7O2S/c1-10-15(4-13(6-19-10)22-11(2)26)23-17(27)14-7-21-25-9-16(28-18(14)25)12-5-20-24(3)8-12/h4-9H,1-3H3,(H,22,26)(H,23,27). The molecule has 0 saturated heterocycles. The summed E-state index contributed by atoms with van der Waals surface area (Å²) < 4.78 is 3.41. The molecular weight excluding hydrogens is 378 g/mol. The highest BCUT2D eigenvalue weighted by atomic mass is 32.1. The Hall–Kier alpha value is -3.53. The molecule has 9 nitrogen and oxygen atoms in total. The number of amides is 2. The monoisotopic (exact) mass is 395 g/mol. The lowest BCUT2D eigenvalue weighted by Gasteiger charge is -2.09. The molecule has 0 saturated carbocycles. The summed E-state index contributed by atoms with van der Waals surface area (Å²) in [5, 5.41) is 14.0. The Bertz CT molecular complexity index is 1200. The minimum absolute atomic E-state index is 0.206. The van der Waals surface area contributed by atoms with Crippen molar-refractivity contribution in [1.29, 1.82) is 0 Å². The summed E-state index contributed by atoms with van der Waals surface area (Å²) >= 11 is 1.47. The highest BCUT2D eigenvalue weighted by molar-refractivity contribution is 7.21. The Labute approximate surface area is 164 Å². The van der Waals surface area contributed by atoms with Gasteiger partial charge in [0.15, 0.2) is 0 Å². The summed E-state index contributed by atoms with van der Waals surface area (Å²) in [5.74, 6) is -0.498. The van der Waals surface area contributed by atoms with Crippen LogP contribution < -0.4 is 10.6 Å². The van der Waals surface area contributed by atoms with E-state index in [1.807, 2.05) is 19.4 Å². The highest BCUT2D eigenvalue weighted by Crippen LogP contribution is 2.30. The average Bonchev–Trinajstić information content (AvgIpc) is 3.32. The van der Waals surface area contributed by atoms with Crippen LogP contribution >= 0.6 is 11.3 Å². The van der Waals surface area contributed by atoms with Crippen LogP contribution in [0.5, 0.6) is 0 Å². The number of hydrogen-bond donors (Lipinski definition) is 2. The van der Waals surface area contributed by atoms with Gasteiger partial charge in [0.2, 0.25) is 5.91 Å². The Morgan fingerprint density at radius 1 is 1.11 bits per heavy atom. The molecule has 4 rings (SSSR count). The van der Waals surface area contributed by atoms with Crippen LogP contribution in [-0.4, -0.2) is 36.2 Å². The second-order valence-electron chi connectivity index (χ2n) is 6.30. The van der Waals surface area contributed by atoms with Gasteiger partial charge in [-0.05, 0) is 13.0 Å². The number of carbonyl (C=O) groups excluding carboxylic acids is 2. The van der Waals surface area contributed by atoms with Crippen molar-refractivity contribution in [3.8, 4) is 10.4 Å². The van der Waals surface area contributed by atoms with Gasteiger partial charge in [-0.2, -0.15) is 10.2 Å². The van der Waals surface area contributed by atoms with Crippen LogP contribution in [0, 0.1) is 6.92 Å². The van der Waals surface area contributed by atoms with Crippen molar-refractivity contribution in [3.63, 3.8) is 0 Å². The molecule has 2 N–H and O–H groups in total. The number of anilines is 2. The summed E-state index contributed by atoms with van der Waals surface area (Å²) in [5.41, 5.74) is 3.12. The third kappa shape index (κ3) is 3.37. The molecule has 0 aromatic carbocycles. The topological polar surface area (TPSA) is 106 Å². The quantitative estimate of drug-likeness (QED) is 0.553. The first-order valence-electron chi connectivity index (χ1n) is 8.42. The van der Waals surface area contributed by atoms with Crippen LogP contribution in [0.4, 0.5) is 11.4 Å². The van der Waals surface area contributed by atoms with E-state index in [1.165, 1.54) is 24.5 Å². The largest absolute Gasteiger partial charge is 0.325 e. The highest BCUT2D eigenvalue weighted by Gasteiger charge is 2.18. The fraction of sp³-hybridized carbons (Fsp3) is 0.167. The molecule has 10 heteroatoms. The number of carbonyl (C=O) groups is 2. The van der Waals surface area contributed by atoms with Gasteiger partial charge >= 0.3 is 0 Å². The van der Waals surface area contributed by atoms with E-state index in [0.29, 0.717) is 22.6 Å². The van der Waals surface area contributed by atoms with Crippen molar-refractivity contribution in [2.75, 3.05) is 10.6 Å². The number of pyridine rings is 1. The maximum atomic E-state index is 12.8. The number of hydrogen-bond acceptors (Lipinski definition) is 6. The van der Waals surface area contributed by atoms with Crippen molar-refractivity contribution in [2.45, 2.75) is 13.8 Å². The van der Waals surface area contributed by atoms with E-state index in [-0.39, 0.29) is 11.8 Å². The Balaban J connectivity index is 1.63. The minimum atomic E-state index is -0.292. The third-order valence-corrected chi connectivity index (χ3v) is 5.25. The van der Waals surface area contributed by atoms with E-state index >= 15 is 0 Å². The van der Waals surface area contributed by atoms with Crippen molar-refractivity contribution >= 4 is 39.4 Å². The van der Waals surface area contributed by atoms with E-state index in [2.05, 4.69) is 25.8 Å². The molecule has 4 aromatic heterocycles. The second-order valence-corrected chi connectivity index (χ2v) is 7.33. The Morgan fingerprint density at radius 2 is 1.93 bits per heavy atom. The van der Waals surface area contributed by atoms with Gasteiger partial charge in [-0.3, -0.25) is 19.3 Å². The Kier molecular flexibility index (Phi) is 4.40. The molecule has 0 unspecified atom stereocenters. The number of nitrogens with one attached hydrogen (secondary N) is 2. The van der Waals surface area contributed by atoms with Crippen LogP contribution in [0.1, 0.15) is 23.0 Å². The van der Waals surface area contributed by atoms with Crippen LogP contribution in [0.2, 0.25) is 0 Å². The fourth-order valence-electron chi connectivity index (χ4n) is 2.74. The summed E-state index contributed by atoms with van der Waals surface area (Å²) in [6.07, 6.45) is 8.64. The normalized spacial score (nSPS) is 11.0. The smallest absolute Gasteiger partial charge is 0.260 e. The zero-order chi connectivity index (χ0) is 19.8. The molecule has 0 aliphatic carbocycles. The maximum Gasteiger partial charge on any atom is 0.260 e. The molecule has 4 heterocycles. The Morgan fingerprint density at radius 3 is 2.64 bits per heavy atom. The number of thiazole rings is 1. The SMILES string of the molecule is CC(=O)Nc1cnc(C)c(NC(=O)c2cnn3cc(-c4cnn(C)c4)sc23)c1. The molecule has 0 aliphatic heterocycles. The predicted octanol–water partition coefficient (Wildman–Crippen LogP) is 2.71. The summed E-state index contributed by atoms with van der Waals surface area (Å²) in [6.45, 7) is 3.20. The van der Waals surface area contributed by atoms with Gasteiger partial charge in [0.05, 0.1) is 46.1 Å². The molecule has 0 radical (unpaired) electrons. The first kappa shape index (κ1) is 17.9. The molecule has 0 aliphatic rings. The molecule has 2 amide bonds. The van der Waals surface area contributed by atoms with Crippen LogP contribution in [-0.2, 0) is 11.8 Å². The molecule has 28 heavy (non-hydrogen) atoms. The number of fused-ring (bicyclic) bond motifs is 1. The fourth-order valence-corrected chi connectivity index (χ4v) is 3.78. The van der Waals surface area contributed by atoms with Gasteiger partial charge in [0, 0.05) is 31.9 Å².